The highest BCUT2D eigenvalue weighted by molar-refractivity contribution is 5.14. The zero-order valence-corrected chi connectivity index (χ0v) is 11.2. The maximum atomic E-state index is 4.57. The first kappa shape index (κ1) is 14.2. The van der Waals surface area contributed by atoms with Gasteiger partial charge in [-0.3, -0.25) is 0 Å². The fourth-order valence-electron chi connectivity index (χ4n) is 1.96. The molecule has 0 bridgehead atoms. The van der Waals surface area contributed by atoms with Gasteiger partial charge < -0.3 is 0 Å². The zero-order chi connectivity index (χ0) is 12.2. The minimum atomic E-state index is 1.05. The van der Waals surface area contributed by atoms with Crippen molar-refractivity contribution in [1.82, 2.24) is 5.32 Å². The molecule has 1 heteroatoms. The fourth-order valence-corrected chi connectivity index (χ4v) is 1.96. The van der Waals surface area contributed by atoms with Crippen LogP contribution < -0.4 is 5.32 Å². The van der Waals surface area contributed by atoms with E-state index >= 15 is 0 Å². The Morgan fingerprint density at radius 1 is 0.824 bits per heavy atom. The van der Waals surface area contributed by atoms with Crippen LogP contribution in [0.2, 0.25) is 0 Å². The molecule has 0 N–H and O–H groups in total. The summed E-state index contributed by atoms with van der Waals surface area (Å²) >= 11 is 0. The van der Waals surface area contributed by atoms with Crippen molar-refractivity contribution >= 4 is 0 Å². The molecular formula is C16H26N. The van der Waals surface area contributed by atoms with Gasteiger partial charge in [0.2, 0.25) is 0 Å². The first-order chi connectivity index (χ1) is 8.43. The van der Waals surface area contributed by atoms with Crippen molar-refractivity contribution in [3.05, 3.63) is 35.9 Å². The van der Waals surface area contributed by atoms with Gasteiger partial charge in [-0.05, 0) is 31.2 Å². The van der Waals surface area contributed by atoms with E-state index in [2.05, 4.69) is 42.6 Å². The van der Waals surface area contributed by atoms with Crippen LogP contribution in [0.1, 0.15) is 51.0 Å². The summed E-state index contributed by atoms with van der Waals surface area (Å²) < 4.78 is 0. The lowest BCUT2D eigenvalue weighted by atomic mass is 10.1. The second-order valence-corrected chi connectivity index (χ2v) is 4.67. The highest BCUT2D eigenvalue weighted by Gasteiger charge is 1.93. The smallest absolute Gasteiger partial charge is 0.0133 e. The third kappa shape index (κ3) is 7.98. The second kappa shape index (κ2) is 10.3. The Morgan fingerprint density at radius 2 is 1.53 bits per heavy atom. The average Bonchev–Trinajstić information content (AvgIpc) is 2.38. The zero-order valence-electron chi connectivity index (χ0n) is 11.2. The normalized spacial score (nSPS) is 10.6. The fraction of sp³-hybridized carbons (Fsp3) is 0.625. The van der Waals surface area contributed by atoms with Gasteiger partial charge in [0.05, 0.1) is 0 Å². The van der Waals surface area contributed by atoms with E-state index in [1.807, 2.05) is 0 Å². The van der Waals surface area contributed by atoms with Gasteiger partial charge in [0.15, 0.2) is 0 Å². The van der Waals surface area contributed by atoms with Gasteiger partial charge >= 0.3 is 0 Å². The molecule has 0 fully saturated rings. The molecule has 0 atom stereocenters. The van der Waals surface area contributed by atoms with Crippen LogP contribution >= 0.6 is 0 Å². The number of hydrogen-bond acceptors (Lipinski definition) is 0. The molecule has 95 valence electrons. The van der Waals surface area contributed by atoms with Crippen molar-refractivity contribution in [2.75, 3.05) is 13.1 Å². The molecular weight excluding hydrogens is 206 g/mol. The summed E-state index contributed by atoms with van der Waals surface area (Å²) in [5.74, 6) is 0. The lowest BCUT2D eigenvalue weighted by Crippen LogP contribution is -2.08. The van der Waals surface area contributed by atoms with E-state index < -0.39 is 0 Å². The molecule has 0 aliphatic rings. The molecule has 0 aliphatic carbocycles. The Kier molecular flexibility index (Phi) is 8.66. The van der Waals surface area contributed by atoms with Gasteiger partial charge in [0, 0.05) is 13.1 Å². The minimum Gasteiger partial charge on any atom is -0.242 e. The molecule has 17 heavy (non-hydrogen) atoms. The summed E-state index contributed by atoms with van der Waals surface area (Å²) in [5.41, 5.74) is 1.45. The molecule has 0 spiro atoms. The lowest BCUT2D eigenvalue weighted by Gasteiger charge is -2.03. The van der Waals surface area contributed by atoms with Gasteiger partial charge in [-0.15, -0.1) is 0 Å². The predicted molar refractivity (Wildman–Crippen MR) is 75.4 cm³/mol. The molecule has 1 rings (SSSR count). The van der Waals surface area contributed by atoms with Gasteiger partial charge in [0.1, 0.15) is 0 Å². The van der Waals surface area contributed by atoms with Gasteiger partial charge in [-0.25, -0.2) is 5.32 Å². The SMILES string of the molecule is CCCCCC[N]CCCCc1ccccc1. The van der Waals surface area contributed by atoms with E-state index in [0.29, 0.717) is 0 Å². The number of hydrogen-bond donors (Lipinski definition) is 0. The van der Waals surface area contributed by atoms with Crippen LogP contribution in [0.15, 0.2) is 30.3 Å². The van der Waals surface area contributed by atoms with Crippen LogP contribution in [-0.2, 0) is 6.42 Å². The molecule has 0 heterocycles. The van der Waals surface area contributed by atoms with Gasteiger partial charge in [0.25, 0.3) is 0 Å². The Morgan fingerprint density at radius 3 is 2.24 bits per heavy atom. The molecule has 0 amide bonds. The Hall–Kier alpha value is -0.820. The predicted octanol–water partition coefficient (Wildman–Crippen LogP) is 4.19. The molecule has 0 unspecified atom stereocenters. The van der Waals surface area contributed by atoms with E-state index in [4.69, 9.17) is 0 Å². The summed E-state index contributed by atoms with van der Waals surface area (Å²) in [6.45, 7) is 4.38. The number of benzene rings is 1. The van der Waals surface area contributed by atoms with Crippen molar-refractivity contribution < 1.29 is 0 Å². The number of nitrogens with zero attached hydrogens (tertiary/aromatic N) is 1. The van der Waals surface area contributed by atoms with Gasteiger partial charge in [-0.1, -0.05) is 56.5 Å². The molecule has 0 saturated carbocycles. The maximum absolute atomic E-state index is 4.57. The average molecular weight is 232 g/mol. The van der Waals surface area contributed by atoms with E-state index in [0.717, 1.165) is 13.1 Å². The topological polar surface area (TPSA) is 14.1 Å². The highest BCUT2D eigenvalue weighted by atomic mass is 14.8. The van der Waals surface area contributed by atoms with Crippen LogP contribution in [0.25, 0.3) is 0 Å². The molecule has 1 aromatic rings. The number of aryl methyl sites for hydroxylation is 1. The second-order valence-electron chi connectivity index (χ2n) is 4.67. The standard InChI is InChI=1S/C16H26N/c1-2-3-4-9-14-17-15-10-8-13-16-11-6-5-7-12-16/h5-7,11-12H,2-4,8-10,13-15H2,1H3. The number of unbranched alkanes of at least 4 members (excludes halogenated alkanes) is 4. The van der Waals surface area contributed by atoms with Gasteiger partial charge in [-0.2, -0.15) is 0 Å². The van der Waals surface area contributed by atoms with Crippen molar-refractivity contribution in [2.24, 2.45) is 0 Å². The third-order valence-corrected chi connectivity index (χ3v) is 3.04. The van der Waals surface area contributed by atoms with E-state index in [1.165, 1.54) is 50.5 Å². The first-order valence-corrected chi connectivity index (χ1v) is 7.10. The first-order valence-electron chi connectivity index (χ1n) is 7.10. The summed E-state index contributed by atoms with van der Waals surface area (Å²) in [6, 6.07) is 10.7. The summed E-state index contributed by atoms with van der Waals surface area (Å²) in [6.07, 6.45) is 9.02. The van der Waals surface area contributed by atoms with Crippen molar-refractivity contribution in [3.63, 3.8) is 0 Å². The molecule has 0 saturated heterocycles. The Balaban J connectivity index is 1.85. The van der Waals surface area contributed by atoms with Crippen molar-refractivity contribution in [1.29, 1.82) is 0 Å². The third-order valence-electron chi connectivity index (χ3n) is 3.04. The van der Waals surface area contributed by atoms with Crippen LogP contribution in [0.5, 0.6) is 0 Å². The Bertz CT molecular complexity index is 255. The monoisotopic (exact) mass is 232 g/mol. The molecule has 1 aromatic carbocycles. The number of rotatable bonds is 10. The van der Waals surface area contributed by atoms with Crippen molar-refractivity contribution in [3.8, 4) is 0 Å². The molecule has 1 radical (unpaired) electrons. The lowest BCUT2D eigenvalue weighted by molar-refractivity contribution is 0.567. The molecule has 1 nitrogen and oxygen atoms in total. The highest BCUT2D eigenvalue weighted by Crippen LogP contribution is 2.04. The van der Waals surface area contributed by atoms with E-state index in [1.54, 1.807) is 0 Å². The quantitative estimate of drug-likeness (QED) is 0.537. The minimum absolute atomic E-state index is 1.05. The molecule has 0 aromatic heterocycles. The van der Waals surface area contributed by atoms with Crippen LogP contribution in [0.3, 0.4) is 0 Å². The molecule has 0 aliphatic heterocycles. The Labute approximate surface area is 107 Å². The van der Waals surface area contributed by atoms with E-state index in [9.17, 15) is 0 Å². The summed E-state index contributed by atoms with van der Waals surface area (Å²) in [7, 11) is 0. The maximum Gasteiger partial charge on any atom is 0.0133 e. The summed E-state index contributed by atoms with van der Waals surface area (Å²) in [5, 5.41) is 4.57. The van der Waals surface area contributed by atoms with E-state index in [-0.39, 0.29) is 0 Å². The van der Waals surface area contributed by atoms with Crippen molar-refractivity contribution in [2.45, 2.75) is 51.9 Å². The van der Waals surface area contributed by atoms with Crippen LogP contribution in [0, 0.1) is 0 Å². The van der Waals surface area contributed by atoms with Crippen LogP contribution in [-0.4, -0.2) is 13.1 Å². The summed E-state index contributed by atoms with van der Waals surface area (Å²) in [4.78, 5) is 0. The van der Waals surface area contributed by atoms with Crippen LogP contribution in [0.4, 0.5) is 0 Å². The largest absolute Gasteiger partial charge is 0.242 e.